The number of carbonyl (C=O) groups is 1. The number of ether oxygens (including phenoxy) is 1. The van der Waals surface area contributed by atoms with E-state index in [1.54, 1.807) is 7.11 Å². The van der Waals surface area contributed by atoms with Crippen LogP contribution >= 0.6 is 31.9 Å². The molecule has 1 aliphatic heterocycles. The quantitative estimate of drug-likeness (QED) is 0.809. The normalized spacial score (nSPS) is 19.4. The molecule has 4 nitrogen and oxygen atoms in total. The Morgan fingerprint density at radius 2 is 2.05 bits per heavy atom. The molecule has 110 valence electrons. The third-order valence-corrected chi connectivity index (χ3v) is 4.53. The number of amides is 1. The minimum atomic E-state index is -0.0999. The summed E-state index contributed by atoms with van der Waals surface area (Å²) in [6.07, 6.45) is 3.03. The maximum Gasteiger partial charge on any atom is 0.237 e. The van der Waals surface area contributed by atoms with E-state index in [0.717, 1.165) is 46.1 Å². The molecule has 1 aromatic carbocycles. The van der Waals surface area contributed by atoms with Gasteiger partial charge in [-0.05, 0) is 68.8 Å². The largest absolute Gasteiger partial charge is 0.494 e. The highest BCUT2D eigenvalue weighted by Crippen LogP contribution is 2.34. The van der Waals surface area contributed by atoms with Crippen LogP contribution in [0, 0.1) is 0 Å². The van der Waals surface area contributed by atoms with E-state index in [1.165, 1.54) is 0 Å². The van der Waals surface area contributed by atoms with Gasteiger partial charge in [0, 0.05) is 13.1 Å². The highest BCUT2D eigenvalue weighted by Gasteiger charge is 2.20. The first-order valence-corrected chi connectivity index (χ1v) is 8.23. The third kappa shape index (κ3) is 3.96. The average Bonchev–Trinajstić information content (AvgIpc) is 2.61. The maximum absolute atomic E-state index is 11.9. The second-order valence-corrected chi connectivity index (χ2v) is 6.52. The third-order valence-electron chi connectivity index (χ3n) is 3.35. The summed E-state index contributed by atoms with van der Waals surface area (Å²) in [5.74, 6) is 0.884. The number of nitrogens with one attached hydrogen (secondary N) is 2. The van der Waals surface area contributed by atoms with E-state index >= 15 is 0 Å². The molecular formula is C14H18Br2N2O2. The molecule has 0 radical (unpaired) electrons. The summed E-state index contributed by atoms with van der Waals surface area (Å²) in [5.41, 5.74) is 1.10. The molecule has 0 aliphatic carbocycles. The van der Waals surface area contributed by atoms with Crippen LogP contribution in [0.2, 0.25) is 0 Å². The van der Waals surface area contributed by atoms with Crippen molar-refractivity contribution in [3.8, 4) is 5.75 Å². The van der Waals surface area contributed by atoms with Crippen molar-refractivity contribution in [2.45, 2.75) is 31.8 Å². The molecule has 20 heavy (non-hydrogen) atoms. The number of hydrogen-bond donors (Lipinski definition) is 2. The van der Waals surface area contributed by atoms with Crippen molar-refractivity contribution in [1.29, 1.82) is 0 Å². The molecular weight excluding hydrogens is 388 g/mol. The van der Waals surface area contributed by atoms with Gasteiger partial charge in [-0.1, -0.05) is 0 Å². The van der Waals surface area contributed by atoms with E-state index in [9.17, 15) is 4.79 Å². The van der Waals surface area contributed by atoms with Crippen molar-refractivity contribution < 1.29 is 9.53 Å². The second kappa shape index (κ2) is 7.43. The summed E-state index contributed by atoms with van der Waals surface area (Å²) >= 11 is 6.97. The van der Waals surface area contributed by atoms with Crippen LogP contribution in [0.4, 0.5) is 0 Å². The zero-order chi connectivity index (χ0) is 14.5. The molecule has 1 aromatic rings. The maximum atomic E-state index is 11.9. The van der Waals surface area contributed by atoms with Crippen LogP contribution in [-0.4, -0.2) is 25.6 Å². The van der Waals surface area contributed by atoms with Gasteiger partial charge >= 0.3 is 0 Å². The molecule has 2 N–H and O–H groups in total. The number of carbonyl (C=O) groups excluding carboxylic acids is 1. The SMILES string of the molecule is COc1c(Br)cc(CNC2CCCCNC2=O)cc1Br. The van der Waals surface area contributed by atoms with E-state index in [4.69, 9.17) is 4.74 Å². The monoisotopic (exact) mass is 404 g/mol. The van der Waals surface area contributed by atoms with E-state index < -0.39 is 0 Å². The highest BCUT2D eigenvalue weighted by atomic mass is 79.9. The Morgan fingerprint density at radius 1 is 1.35 bits per heavy atom. The molecule has 1 atom stereocenters. The lowest BCUT2D eigenvalue weighted by Gasteiger charge is -2.16. The molecule has 1 saturated heterocycles. The van der Waals surface area contributed by atoms with Gasteiger partial charge in [-0.15, -0.1) is 0 Å². The first-order chi connectivity index (χ1) is 9.61. The molecule has 1 aliphatic rings. The predicted molar refractivity (Wildman–Crippen MR) is 85.9 cm³/mol. The number of hydrogen-bond acceptors (Lipinski definition) is 3. The van der Waals surface area contributed by atoms with Crippen LogP contribution in [0.25, 0.3) is 0 Å². The predicted octanol–water partition coefficient (Wildman–Crippen LogP) is 2.98. The van der Waals surface area contributed by atoms with Gasteiger partial charge in [0.25, 0.3) is 0 Å². The van der Waals surface area contributed by atoms with Crippen LogP contribution in [0.15, 0.2) is 21.1 Å². The Morgan fingerprint density at radius 3 is 2.70 bits per heavy atom. The molecule has 0 spiro atoms. The molecule has 1 amide bonds. The zero-order valence-corrected chi connectivity index (χ0v) is 14.5. The Hall–Kier alpha value is -0.590. The lowest BCUT2D eigenvalue weighted by Crippen LogP contribution is -2.42. The topological polar surface area (TPSA) is 50.4 Å². The zero-order valence-electron chi connectivity index (χ0n) is 11.3. The van der Waals surface area contributed by atoms with Gasteiger partial charge in [-0.25, -0.2) is 0 Å². The van der Waals surface area contributed by atoms with Crippen LogP contribution in [0.3, 0.4) is 0 Å². The minimum absolute atomic E-state index is 0.0999. The van der Waals surface area contributed by atoms with Crippen molar-refractivity contribution in [3.05, 3.63) is 26.6 Å². The molecule has 2 rings (SSSR count). The summed E-state index contributed by atoms with van der Waals surface area (Å²) < 4.78 is 7.08. The molecule has 1 unspecified atom stereocenters. The molecule has 1 heterocycles. The van der Waals surface area contributed by atoms with Gasteiger partial charge in [0.1, 0.15) is 5.75 Å². The Bertz CT molecular complexity index is 471. The van der Waals surface area contributed by atoms with E-state index in [-0.39, 0.29) is 11.9 Å². The number of rotatable bonds is 4. The standard InChI is InChI=1S/C14H18Br2N2O2/c1-20-13-10(15)6-9(7-11(13)16)8-18-12-4-2-3-5-17-14(12)19/h6-7,12,18H,2-5,8H2,1H3,(H,17,19). The van der Waals surface area contributed by atoms with Crippen molar-refractivity contribution in [3.63, 3.8) is 0 Å². The summed E-state index contributed by atoms with van der Waals surface area (Å²) in [6.45, 7) is 1.44. The minimum Gasteiger partial charge on any atom is -0.494 e. The molecule has 6 heteroatoms. The second-order valence-electron chi connectivity index (χ2n) is 4.81. The summed E-state index contributed by atoms with van der Waals surface area (Å²) in [5, 5.41) is 6.26. The summed E-state index contributed by atoms with van der Waals surface area (Å²) in [6, 6.07) is 3.91. The lowest BCUT2D eigenvalue weighted by molar-refractivity contribution is -0.122. The number of benzene rings is 1. The number of halogens is 2. The first-order valence-electron chi connectivity index (χ1n) is 6.65. The van der Waals surface area contributed by atoms with E-state index in [2.05, 4.69) is 42.5 Å². The van der Waals surface area contributed by atoms with Crippen LogP contribution in [0.5, 0.6) is 5.75 Å². The van der Waals surface area contributed by atoms with Crippen LogP contribution in [0.1, 0.15) is 24.8 Å². The fourth-order valence-corrected chi connectivity index (χ4v) is 3.89. The smallest absolute Gasteiger partial charge is 0.237 e. The fourth-order valence-electron chi connectivity index (χ4n) is 2.28. The van der Waals surface area contributed by atoms with Gasteiger partial charge in [-0.3, -0.25) is 4.79 Å². The molecule has 0 aromatic heterocycles. The van der Waals surface area contributed by atoms with Crippen molar-refractivity contribution in [2.24, 2.45) is 0 Å². The Labute approximate surface area is 135 Å². The van der Waals surface area contributed by atoms with Crippen molar-refractivity contribution >= 4 is 37.8 Å². The first kappa shape index (κ1) is 15.8. The van der Waals surface area contributed by atoms with Crippen LogP contribution in [-0.2, 0) is 11.3 Å². The van der Waals surface area contributed by atoms with Gasteiger partial charge in [0.2, 0.25) is 5.91 Å². The van der Waals surface area contributed by atoms with Crippen LogP contribution < -0.4 is 15.4 Å². The number of methoxy groups -OCH3 is 1. The highest BCUT2D eigenvalue weighted by molar-refractivity contribution is 9.11. The molecule has 0 saturated carbocycles. The van der Waals surface area contributed by atoms with Gasteiger partial charge in [0.15, 0.2) is 0 Å². The summed E-state index contributed by atoms with van der Waals surface area (Å²) in [4.78, 5) is 11.9. The Kier molecular flexibility index (Phi) is 5.86. The van der Waals surface area contributed by atoms with E-state index in [0.29, 0.717) is 6.54 Å². The van der Waals surface area contributed by atoms with Crippen molar-refractivity contribution in [2.75, 3.05) is 13.7 Å². The Balaban J connectivity index is 2.01. The average molecular weight is 406 g/mol. The fraction of sp³-hybridized carbons (Fsp3) is 0.500. The van der Waals surface area contributed by atoms with Gasteiger partial charge in [0.05, 0.1) is 22.1 Å². The van der Waals surface area contributed by atoms with E-state index in [1.807, 2.05) is 12.1 Å². The van der Waals surface area contributed by atoms with Gasteiger partial charge < -0.3 is 15.4 Å². The summed E-state index contributed by atoms with van der Waals surface area (Å²) in [7, 11) is 1.64. The van der Waals surface area contributed by atoms with Crippen molar-refractivity contribution in [1.82, 2.24) is 10.6 Å². The molecule has 1 fully saturated rings. The van der Waals surface area contributed by atoms with Gasteiger partial charge in [-0.2, -0.15) is 0 Å². The molecule has 0 bridgehead atoms. The lowest BCUT2D eigenvalue weighted by atomic mass is 10.1.